The molecule has 2 heterocycles. The third-order valence-corrected chi connectivity index (χ3v) is 5.54. The van der Waals surface area contributed by atoms with Gasteiger partial charge >= 0.3 is 0 Å². The fraction of sp³-hybridized carbons (Fsp3) is 0.471. The SMILES string of the molecule is Cc1nnc(C2CC23CCN(c2ccc(C#N)c(Cl)c2)CC3)o1. The highest BCUT2D eigenvalue weighted by atomic mass is 35.5. The minimum Gasteiger partial charge on any atom is -0.425 e. The monoisotopic (exact) mass is 328 g/mol. The van der Waals surface area contributed by atoms with Gasteiger partial charge in [-0.25, -0.2) is 0 Å². The van der Waals surface area contributed by atoms with Crippen molar-refractivity contribution < 1.29 is 4.42 Å². The summed E-state index contributed by atoms with van der Waals surface area (Å²) in [5, 5.41) is 17.6. The summed E-state index contributed by atoms with van der Waals surface area (Å²) in [6.07, 6.45) is 3.39. The molecule has 0 N–H and O–H groups in total. The molecule has 4 rings (SSSR count). The van der Waals surface area contributed by atoms with E-state index in [9.17, 15) is 0 Å². The van der Waals surface area contributed by atoms with Crippen molar-refractivity contribution in [1.82, 2.24) is 10.2 Å². The van der Waals surface area contributed by atoms with Gasteiger partial charge in [0.15, 0.2) is 0 Å². The Morgan fingerprint density at radius 2 is 2.13 bits per heavy atom. The average Bonchev–Trinajstić information content (AvgIpc) is 3.07. The standard InChI is InChI=1S/C17H17ClN4O/c1-11-20-21-16(23-11)14-9-17(14)4-6-22(7-5-17)13-3-2-12(10-19)15(18)8-13/h2-3,8,14H,4-7,9H2,1H3. The molecule has 6 heteroatoms. The number of aryl methyl sites for hydroxylation is 1. The zero-order chi connectivity index (χ0) is 16.0. The van der Waals surface area contributed by atoms with Crippen molar-refractivity contribution in [2.24, 2.45) is 5.41 Å². The minimum absolute atomic E-state index is 0.339. The summed E-state index contributed by atoms with van der Waals surface area (Å²) in [4.78, 5) is 2.34. The van der Waals surface area contributed by atoms with Crippen molar-refractivity contribution in [2.45, 2.75) is 32.1 Å². The molecule has 1 saturated carbocycles. The number of hydrogen-bond acceptors (Lipinski definition) is 5. The molecule has 23 heavy (non-hydrogen) atoms. The Balaban J connectivity index is 1.44. The lowest BCUT2D eigenvalue weighted by atomic mass is 9.90. The molecule has 0 radical (unpaired) electrons. The van der Waals surface area contributed by atoms with Crippen LogP contribution in [0.15, 0.2) is 22.6 Å². The van der Waals surface area contributed by atoms with Crippen molar-refractivity contribution in [2.75, 3.05) is 18.0 Å². The summed E-state index contributed by atoms with van der Waals surface area (Å²) in [6.45, 7) is 3.82. The second-order valence-electron chi connectivity index (χ2n) is 6.54. The van der Waals surface area contributed by atoms with Gasteiger partial charge in [-0.2, -0.15) is 5.26 Å². The summed E-state index contributed by atoms with van der Waals surface area (Å²) in [5.41, 5.74) is 1.96. The average molecular weight is 329 g/mol. The Kier molecular flexibility index (Phi) is 3.31. The molecular weight excluding hydrogens is 312 g/mol. The number of anilines is 1. The van der Waals surface area contributed by atoms with Crippen LogP contribution in [0.1, 0.15) is 42.5 Å². The van der Waals surface area contributed by atoms with Gasteiger partial charge in [-0.15, -0.1) is 10.2 Å². The first-order valence-corrected chi connectivity index (χ1v) is 8.24. The Labute approximate surface area is 139 Å². The fourth-order valence-electron chi connectivity index (χ4n) is 3.70. The maximum Gasteiger partial charge on any atom is 0.220 e. The number of rotatable bonds is 2. The van der Waals surface area contributed by atoms with Gasteiger partial charge < -0.3 is 9.32 Å². The third-order valence-electron chi connectivity index (χ3n) is 5.23. The molecule has 1 aliphatic heterocycles. The summed E-state index contributed by atoms with van der Waals surface area (Å²) >= 11 is 6.15. The number of benzene rings is 1. The minimum atomic E-state index is 0.339. The van der Waals surface area contributed by atoms with Crippen LogP contribution in [0.4, 0.5) is 5.69 Å². The van der Waals surface area contributed by atoms with E-state index in [1.807, 2.05) is 19.1 Å². The van der Waals surface area contributed by atoms with E-state index >= 15 is 0 Å². The largest absolute Gasteiger partial charge is 0.425 e. The molecule has 2 aliphatic rings. The van der Waals surface area contributed by atoms with Crippen LogP contribution >= 0.6 is 11.6 Å². The van der Waals surface area contributed by atoms with Crippen LogP contribution in [0.2, 0.25) is 5.02 Å². The van der Waals surface area contributed by atoms with Crippen LogP contribution in [0, 0.1) is 23.7 Å². The van der Waals surface area contributed by atoms with Crippen molar-refractivity contribution >= 4 is 17.3 Å². The molecule has 1 spiro atoms. The molecule has 1 aromatic carbocycles. The first-order chi connectivity index (χ1) is 11.1. The van der Waals surface area contributed by atoms with E-state index in [1.165, 1.54) is 0 Å². The van der Waals surface area contributed by atoms with Gasteiger partial charge in [0.2, 0.25) is 11.8 Å². The lowest BCUT2D eigenvalue weighted by Crippen LogP contribution is -2.35. The lowest BCUT2D eigenvalue weighted by Gasteiger charge is -2.34. The maximum atomic E-state index is 8.97. The fourth-order valence-corrected chi connectivity index (χ4v) is 3.92. The van der Waals surface area contributed by atoms with Gasteiger partial charge in [0.05, 0.1) is 10.6 Å². The second-order valence-corrected chi connectivity index (χ2v) is 6.95. The molecule has 0 amide bonds. The van der Waals surface area contributed by atoms with Gasteiger partial charge in [0.25, 0.3) is 0 Å². The molecule has 2 fully saturated rings. The Morgan fingerprint density at radius 3 is 2.74 bits per heavy atom. The molecular formula is C17H17ClN4O. The van der Waals surface area contributed by atoms with E-state index in [2.05, 4.69) is 21.2 Å². The van der Waals surface area contributed by atoms with Gasteiger partial charge in [0, 0.05) is 31.6 Å². The van der Waals surface area contributed by atoms with E-state index in [0.717, 1.165) is 43.9 Å². The lowest BCUT2D eigenvalue weighted by molar-refractivity contribution is 0.349. The maximum absolute atomic E-state index is 8.97. The molecule has 0 bridgehead atoms. The number of piperidine rings is 1. The van der Waals surface area contributed by atoms with Gasteiger partial charge in [-0.1, -0.05) is 11.6 Å². The topological polar surface area (TPSA) is 66.0 Å². The van der Waals surface area contributed by atoms with Crippen LogP contribution in [-0.2, 0) is 0 Å². The predicted molar refractivity (Wildman–Crippen MR) is 86.4 cm³/mol. The summed E-state index contributed by atoms with van der Waals surface area (Å²) in [5.74, 6) is 1.87. The van der Waals surface area contributed by atoms with Crippen LogP contribution < -0.4 is 4.90 Å². The van der Waals surface area contributed by atoms with Crippen molar-refractivity contribution in [3.05, 3.63) is 40.6 Å². The number of aromatic nitrogens is 2. The van der Waals surface area contributed by atoms with E-state index in [0.29, 0.717) is 27.8 Å². The van der Waals surface area contributed by atoms with Crippen molar-refractivity contribution in [1.29, 1.82) is 5.26 Å². The smallest absolute Gasteiger partial charge is 0.220 e. The Hall–Kier alpha value is -2.06. The normalized spacial score (nSPS) is 22.1. The first-order valence-electron chi connectivity index (χ1n) is 7.86. The molecule has 1 aromatic heterocycles. The summed E-state index contributed by atoms with van der Waals surface area (Å²) in [7, 11) is 0. The van der Waals surface area contributed by atoms with Crippen LogP contribution in [0.25, 0.3) is 0 Å². The molecule has 1 aliphatic carbocycles. The predicted octanol–water partition coefficient (Wildman–Crippen LogP) is 3.68. The quantitative estimate of drug-likeness (QED) is 0.841. The number of nitrogens with zero attached hydrogens (tertiary/aromatic N) is 4. The van der Waals surface area contributed by atoms with Crippen LogP contribution in [0.3, 0.4) is 0 Å². The molecule has 2 aromatic rings. The van der Waals surface area contributed by atoms with Gasteiger partial charge in [-0.05, 0) is 42.9 Å². The second kappa shape index (κ2) is 5.24. The van der Waals surface area contributed by atoms with Crippen molar-refractivity contribution in [3.8, 4) is 6.07 Å². The number of halogens is 1. The molecule has 1 unspecified atom stereocenters. The van der Waals surface area contributed by atoms with E-state index < -0.39 is 0 Å². The van der Waals surface area contributed by atoms with Gasteiger partial charge in [-0.3, -0.25) is 0 Å². The molecule has 1 saturated heterocycles. The van der Waals surface area contributed by atoms with E-state index in [4.69, 9.17) is 21.3 Å². The van der Waals surface area contributed by atoms with E-state index in [1.54, 1.807) is 6.07 Å². The zero-order valence-electron chi connectivity index (χ0n) is 12.9. The highest BCUT2D eigenvalue weighted by Gasteiger charge is 2.58. The number of nitriles is 1. The summed E-state index contributed by atoms with van der Waals surface area (Å²) in [6, 6.07) is 7.77. The zero-order valence-corrected chi connectivity index (χ0v) is 13.7. The summed E-state index contributed by atoms with van der Waals surface area (Å²) < 4.78 is 5.60. The van der Waals surface area contributed by atoms with Crippen molar-refractivity contribution in [3.63, 3.8) is 0 Å². The van der Waals surface area contributed by atoms with Gasteiger partial charge in [0.1, 0.15) is 6.07 Å². The molecule has 118 valence electrons. The van der Waals surface area contributed by atoms with E-state index in [-0.39, 0.29) is 0 Å². The number of hydrogen-bond donors (Lipinski definition) is 0. The highest BCUT2D eigenvalue weighted by Crippen LogP contribution is 2.64. The Morgan fingerprint density at radius 1 is 1.35 bits per heavy atom. The Bertz CT molecular complexity index is 786. The highest BCUT2D eigenvalue weighted by molar-refractivity contribution is 6.32. The molecule has 5 nitrogen and oxygen atoms in total. The molecule has 1 atom stereocenters. The first kappa shape index (κ1) is 14.5. The third kappa shape index (κ3) is 2.47. The van der Waals surface area contributed by atoms with Crippen LogP contribution in [-0.4, -0.2) is 23.3 Å². The van der Waals surface area contributed by atoms with Crippen LogP contribution in [0.5, 0.6) is 0 Å².